The van der Waals surface area contributed by atoms with Gasteiger partial charge in [-0.1, -0.05) is 17.4 Å². The zero-order chi connectivity index (χ0) is 23.4. The van der Waals surface area contributed by atoms with Crippen molar-refractivity contribution < 1.29 is 19.0 Å². The Balaban J connectivity index is 1.65. The van der Waals surface area contributed by atoms with Crippen molar-refractivity contribution in [2.75, 3.05) is 51.4 Å². The van der Waals surface area contributed by atoms with Crippen molar-refractivity contribution in [3.05, 3.63) is 47.5 Å². The number of methoxy groups -OCH3 is 1. The van der Waals surface area contributed by atoms with E-state index in [-0.39, 0.29) is 12.0 Å². The maximum absolute atomic E-state index is 13.6. The number of morpholine rings is 1. The van der Waals surface area contributed by atoms with Crippen molar-refractivity contribution in [1.29, 1.82) is 0 Å². The minimum absolute atomic E-state index is 0.0740. The fourth-order valence-corrected chi connectivity index (χ4v) is 4.91. The Bertz CT molecular complexity index is 1090. The lowest BCUT2D eigenvalue weighted by molar-refractivity contribution is 0.0391. The molecule has 1 saturated heterocycles. The van der Waals surface area contributed by atoms with Crippen LogP contribution in [-0.4, -0.2) is 68.4 Å². The molecule has 0 saturated carbocycles. The van der Waals surface area contributed by atoms with Crippen LogP contribution < -0.4 is 14.4 Å². The first kappa shape index (κ1) is 23.5. The van der Waals surface area contributed by atoms with E-state index in [2.05, 4.69) is 11.8 Å². The highest BCUT2D eigenvalue weighted by Gasteiger charge is 2.24. The highest BCUT2D eigenvalue weighted by molar-refractivity contribution is 7.22. The zero-order valence-electron chi connectivity index (χ0n) is 19.7. The SMILES string of the molecule is COc1ccc(C)c2sc(N(CCN3CCOCC3)C(=O)c3ccc(OC(C)C)cc3)nc12. The molecule has 2 aromatic carbocycles. The first-order valence-electron chi connectivity index (χ1n) is 11.3. The molecule has 1 aromatic heterocycles. The number of anilines is 1. The average Bonchev–Trinajstić information content (AvgIpc) is 3.26. The third-order valence-electron chi connectivity index (χ3n) is 5.60. The van der Waals surface area contributed by atoms with E-state index in [9.17, 15) is 4.79 Å². The Kier molecular flexibility index (Phi) is 7.47. The van der Waals surface area contributed by atoms with E-state index in [4.69, 9.17) is 19.2 Å². The highest BCUT2D eigenvalue weighted by atomic mass is 32.1. The number of aromatic nitrogens is 1. The number of carbonyl (C=O) groups excluding carboxylic acids is 1. The van der Waals surface area contributed by atoms with Crippen molar-refractivity contribution in [3.63, 3.8) is 0 Å². The van der Waals surface area contributed by atoms with Crippen molar-refractivity contribution in [2.24, 2.45) is 0 Å². The lowest BCUT2D eigenvalue weighted by atomic mass is 10.2. The van der Waals surface area contributed by atoms with Crippen molar-refractivity contribution in [2.45, 2.75) is 26.9 Å². The molecule has 0 unspecified atom stereocenters. The molecule has 176 valence electrons. The Morgan fingerprint density at radius 1 is 1.18 bits per heavy atom. The number of aryl methyl sites for hydroxylation is 1. The second kappa shape index (κ2) is 10.5. The fraction of sp³-hybridized carbons (Fsp3) is 0.440. The van der Waals surface area contributed by atoms with E-state index in [1.165, 1.54) is 11.3 Å². The number of thiazole rings is 1. The van der Waals surface area contributed by atoms with E-state index in [1.807, 2.05) is 50.2 Å². The molecule has 0 N–H and O–H groups in total. The summed E-state index contributed by atoms with van der Waals surface area (Å²) in [5.74, 6) is 1.39. The van der Waals surface area contributed by atoms with Crippen LogP contribution in [0, 0.1) is 6.92 Å². The van der Waals surface area contributed by atoms with Gasteiger partial charge in [-0.25, -0.2) is 4.98 Å². The molecule has 1 aliphatic heterocycles. The van der Waals surface area contributed by atoms with Gasteiger partial charge in [-0.05, 0) is 56.7 Å². The molecule has 1 fully saturated rings. The summed E-state index contributed by atoms with van der Waals surface area (Å²) in [7, 11) is 1.64. The van der Waals surface area contributed by atoms with Crippen LogP contribution in [0.4, 0.5) is 5.13 Å². The van der Waals surface area contributed by atoms with E-state index in [0.29, 0.717) is 23.0 Å². The first-order valence-corrected chi connectivity index (χ1v) is 12.1. The lowest BCUT2D eigenvalue weighted by Crippen LogP contribution is -2.43. The van der Waals surface area contributed by atoms with Gasteiger partial charge in [-0.3, -0.25) is 14.6 Å². The molecule has 0 spiro atoms. The monoisotopic (exact) mass is 469 g/mol. The molecule has 0 bridgehead atoms. The van der Waals surface area contributed by atoms with E-state index in [0.717, 1.165) is 54.4 Å². The van der Waals surface area contributed by atoms with Crippen LogP contribution in [0.2, 0.25) is 0 Å². The predicted molar refractivity (Wildman–Crippen MR) is 132 cm³/mol. The normalized spacial score (nSPS) is 14.6. The summed E-state index contributed by atoms with van der Waals surface area (Å²) in [6.07, 6.45) is 0.0811. The van der Waals surface area contributed by atoms with Gasteiger partial charge in [-0.2, -0.15) is 0 Å². The Hall–Kier alpha value is -2.68. The third-order valence-corrected chi connectivity index (χ3v) is 6.82. The number of rotatable bonds is 8. The van der Waals surface area contributed by atoms with Crippen molar-refractivity contribution in [1.82, 2.24) is 9.88 Å². The van der Waals surface area contributed by atoms with E-state index < -0.39 is 0 Å². The molecule has 0 radical (unpaired) electrons. The molecular formula is C25H31N3O4S. The topological polar surface area (TPSA) is 64.1 Å². The van der Waals surface area contributed by atoms with Gasteiger partial charge in [0.2, 0.25) is 0 Å². The molecule has 7 nitrogen and oxygen atoms in total. The molecule has 0 aliphatic carbocycles. The molecule has 1 amide bonds. The molecule has 1 aliphatic rings. The van der Waals surface area contributed by atoms with Crippen molar-refractivity contribution >= 4 is 32.6 Å². The second-order valence-corrected chi connectivity index (χ2v) is 9.34. The summed E-state index contributed by atoms with van der Waals surface area (Å²) >= 11 is 1.53. The van der Waals surface area contributed by atoms with Crippen LogP contribution in [0.5, 0.6) is 11.5 Å². The number of hydrogen-bond acceptors (Lipinski definition) is 7. The van der Waals surface area contributed by atoms with Crippen LogP contribution >= 0.6 is 11.3 Å². The Labute approximate surface area is 198 Å². The fourth-order valence-electron chi connectivity index (χ4n) is 3.83. The van der Waals surface area contributed by atoms with Crippen LogP contribution in [0.3, 0.4) is 0 Å². The van der Waals surface area contributed by atoms with Crippen LogP contribution in [0.25, 0.3) is 10.2 Å². The Morgan fingerprint density at radius 2 is 1.91 bits per heavy atom. The molecule has 8 heteroatoms. The van der Waals surface area contributed by atoms with E-state index in [1.54, 1.807) is 12.0 Å². The van der Waals surface area contributed by atoms with Gasteiger partial charge in [0.25, 0.3) is 5.91 Å². The van der Waals surface area contributed by atoms with Crippen LogP contribution in [-0.2, 0) is 4.74 Å². The average molecular weight is 470 g/mol. The molecule has 3 aromatic rings. The molecule has 0 atom stereocenters. The summed E-state index contributed by atoms with van der Waals surface area (Å²) in [5.41, 5.74) is 2.52. The van der Waals surface area contributed by atoms with Gasteiger partial charge in [0, 0.05) is 31.7 Å². The van der Waals surface area contributed by atoms with E-state index >= 15 is 0 Å². The number of ether oxygens (including phenoxy) is 3. The zero-order valence-corrected chi connectivity index (χ0v) is 20.5. The van der Waals surface area contributed by atoms with Gasteiger partial charge >= 0.3 is 0 Å². The quantitative estimate of drug-likeness (QED) is 0.488. The minimum Gasteiger partial charge on any atom is -0.494 e. The Morgan fingerprint density at radius 3 is 2.58 bits per heavy atom. The highest BCUT2D eigenvalue weighted by Crippen LogP contribution is 2.37. The number of benzene rings is 2. The summed E-state index contributed by atoms with van der Waals surface area (Å²) in [5, 5.41) is 0.679. The smallest absolute Gasteiger partial charge is 0.260 e. The number of fused-ring (bicyclic) bond motifs is 1. The van der Waals surface area contributed by atoms with Gasteiger partial charge in [0.1, 0.15) is 17.0 Å². The summed E-state index contributed by atoms with van der Waals surface area (Å²) in [6.45, 7) is 10.5. The molecule has 4 rings (SSSR count). The number of amides is 1. The summed E-state index contributed by atoms with van der Waals surface area (Å²) in [6, 6.07) is 11.3. The lowest BCUT2D eigenvalue weighted by Gasteiger charge is -2.29. The maximum Gasteiger partial charge on any atom is 0.260 e. The third kappa shape index (κ3) is 5.46. The largest absolute Gasteiger partial charge is 0.494 e. The number of hydrogen-bond donors (Lipinski definition) is 0. The standard InChI is InChI=1S/C25H31N3O4S/c1-17(2)32-20-8-6-19(7-9-20)24(29)28(12-11-27-13-15-31-16-14-27)25-26-22-21(30-4)10-5-18(3)23(22)33-25/h5-10,17H,11-16H2,1-4H3. The minimum atomic E-state index is -0.0740. The van der Waals surface area contributed by atoms with Gasteiger partial charge in [0.15, 0.2) is 5.13 Å². The van der Waals surface area contributed by atoms with Gasteiger partial charge in [0.05, 0.1) is 31.1 Å². The molecular weight excluding hydrogens is 438 g/mol. The van der Waals surface area contributed by atoms with Crippen LogP contribution in [0.15, 0.2) is 36.4 Å². The van der Waals surface area contributed by atoms with Crippen LogP contribution in [0.1, 0.15) is 29.8 Å². The molecule has 2 heterocycles. The van der Waals surface area contributed by atoms with Gasteiger partial charge < -0.3 is 14.2 Å². The number of nitrogens with zero attached hydrogens (tertiary/aromatic N) is 3. The van der Waals surface area contributed by atoms with Crippen molar-refractivity contribution in [3.8, 4) is 11.5 Å². The van der Waals surface area contributed by atoms with Gasteiger partial charge in [-0.15, -0.1) is 0 Å². The predicted octanol–water partition coefficient (Wildman–Crippen LogP) is 4.38. The first-order chi connectivity index (χ1) is 16.0. The molecule has 33 heavy (non-hydrogen) atoms. The number of carbonyl (C=O) groups is 1. The summed E-state index contributed by atoms with van der Waals surface area (Å²) < 4.78 is 17.8. The second-order valence-electron chi connectivity index (χ2n) is 8.36. The summed E-state index contributed by atoms with van der Waals surface area (Å²) in [4.78, 5) is 22.6. The maximum atomic E-state index is 13.6.